The topological polar surface area (TPSA) is 65.6 Å². The van der Waals surface area contributed by atoms with Crippen LogP contribution < -0.4 is 16.0 Å². The second-order valence-corrected chi connectivity index (χ2v) is 4.70. The molecule has 0 aromatic heterocycles. The predicted molar refractivity (Wildman–Crippen MR) is 77.8 cm³/mol. The molecule has 3 N–H and O–H groups in total. The minimum Gasteiger partial charge on any atom is -0.461 e. The van der Waals surface area contributed by atoms with Gasteiger partial charge in [0, 0.05) is 12.1 Å². The molecule has 0 aliphatic carbocycles. The molecule has 112 valence electrons. The van der Waals surface area contributed by atoms with Gasteiger partial charge in [0.1, 0.15) is 12.4 Å². The molecule has 0 saturated heterocycles. The molecular formula is C13H28N4O2. The number of nitrogens with zero attached hydrogens (tertiary/aromatic N) is 1. The Hall–Kier alpha value is -0.950. The van der Waals surface area contributed by atoms with Gasteiger partial charge in [0.25, 0.3) is 0 Å². The fourth-order valence-corrected chi connectivity index (χ4v) is 1.61. The van der Waals surface area contributed by atoms with Crippen molar-refractivity contribution in [3.05, 3.63) is 12.2 Å². The number of carbonyl (C=O) groups is 1. The third-order valence-corrected chi connectivity index (χ3v) is 3.14. The maximum Gasteiger partial charge on any atom is 0.333 e. The molecular weight excluding hydrogens is 244 g/mol. The van der Waals surface area contributed by atoms with Crippen LogP contribution in [0.4, 0.5) is 0 Å². The summed E-state index contributed by atoms with van der Waals surface area (Å²) in [6, 6.07) is 0. The van der Waals surface area contributed by atoms with Gasteiger partial charge >= 0.3 is 5.97 Å². The van der Waals surface area contributed by atoms with Crippen molar-refractivity contribution in [2.75, 3.05) is 48.4 Å². The van der Waals surface area contributed by atoms with Crippen LogP contribution >= 0.6 is 0 Å². The summed E-state index contributed by atoms with van der Waals surface area (Å²) in [5, 5.41) is 9.44. The monoisotopic (exact) mass is 272 g/mol. The van der Waals surface area contributed by atoms with E-state index >= 15 is 0 Å². The summed E-state index contributed by atoms with van der Waals surface area (Å²) in [6.07, 6.45) is 1.25. The van der Waals surface area contributed by atoms with Crippen molar-refractivity contribution in [1.82, 2.24) is 20.9 Å². The van der Waals surface area contributed by atoms with Crippen LogP contribution in [0.3, 0.4) is 0 Å². The van der Waals surface area contributed by atoms with E-state index in [1.165, 1.54) is 0 Å². The highest BCUT2D eigenvalue weighted by atomic mass is 16.5. The van der Waals surface area contributed by atoms with Gasteiger partial charge in [-0.2, -0.15) is 0 Å². The highest BCUT2D eigenvalue weighted by molar-refractivity contribution is 5.87. The summed E-state index contributed by atoms with van der Waals surface area (Å²) in [7, 11) is 9.43. The van der Waals surface area contributed by atoms with Gasteiger partial charge in [-0.25, -0.2) is 4.79 Å². The third kappa shape index (κ3) is 6.68. The second-order valence-electron chi connectivity index (χ2n) is 4.70. The first-order valence-corrected chi connectivity index (χ1v) is 6.47. The van der Waals surface area contributed by atoms with Gasteiger partial charge in [-0.3, -0.25) is 16.0 Å². The van der Waals surface area contributed by atoms with Crippen LogP contribution in [0.25, 0.3) is 0 Å². The first-order chi connectivity index (χ1) is 8.90. The molecule has 0 heterocycles. The van der Waals surface area contributed by atoms with E-state index in [1.807, 2.05) is 40.1 Å². The van der Waals surface area contributed by atoms with Gasteiger partial charge in [0.05, 0.1) is 0 Å². The number of esters is 1. The number of rotatable bonds is 10. The summed E-state index contributed by atoms with van der Waals surface area (Å²) in [6.45, 7) is 4.89. The highest BCUT2D eigenvalue weighted by Crippen LogP contribution is 2.11. The summed E-state index contributed by atoms with van der Waals surface area (Å²) in [5.74, 6) is -0.716. The zero-order valence-electron chi connectivity index (χ0n) is 12.8. The molecule has 0 radical (unpaired) electrons. The van der Waals surface area contributed by atoms with Gasteiger partial charge in [-0.05, 0) is 48.1 Å². The van der Waals surface area contributed by atoms with Crippen molar-refractivity contribution in [3.8, 4) is 0 Å². The van der Waals surface area contributed by atoms with Crippen LogP contribution in [0.2, 0.25) is 0 Å². The van der Waals surface area contributed by atoms with Crippen LogP contribution in [0.1, 0.15) is 12.8 Å². The van der Waals surface area contributed by atoms with E-state index in [0.29, 0.717) is 31.6 Å². The van der Waals surface area contributed by atoms with Crippen LogP contribution in [0, 0.1) is 0 Å². The molecule has 0 unspecified atom stereocenters. The van der Waals surface area contributed by atoms with Gasteiger partial charge in [-0.1, -0.05) is 6.58 Å². The Morgan fingerprint density at radius 2 is 1.74 bits per heavy atom. The lowest BCUT2D eigenvalue weighted by molar-refractivity contribution is -0.139. The molecule has 0 aliphatic rings. The Labute approximate surface area is 116 Å². The van der Waals surface area contributed by atoms with E-state index in [1.54, 1.807) is 0 Å². The Balaban J connectivity index is 4.12. The predicted octanol–water partition coefficient (Wildman–Crippen LogP) is -0.260. The van der Waals surface area contributed by atoms with E-state index in [2.05, 4.69) is 22.5 Å². The van der Waals surface area contributed by atoms with E-state index in [-0.39, 0.29) is 5.97 Å². The summed E-state index contributed by atoms with van der Waals surface area (Å²) < 4.78 is 5.14. The minimum atomic E-state index is -0.396. The van der Waals surface area contributed by atoms with Crippen LogP contribution in [-0.2, 0) is 9.53 Å². The average Bonchev–Trinajstić information content (AvgIpc) is 2.40. The average molecular weight is 272 g/mol. The Kier molecular flexibility index (Phi) is 8.58. The van der Waals surface area contributed by atoms with Crippen molar-refractivity contribution < 1.29 is 9.53 Å². The van der Waals surface area contributed by atoms with Gasteiger partial charge in [0.15, 0.2) is 0 Å². The van der Waals surface area contributed by atoms with E-state index in [4.69, 9.17) is 4.74 Å². The van der Waals surface area contributed by atoms with Gasteiger partial charge in [-0.15, -0.1) is 0 Å². The number of hydrogen-bond donors (Lipinski definition) is 3. The fraction of sp³-hybridized carbons (Fsp3) is 0.769. The molecule has 6 nitrogen and oxygen atoms in total. The molecule has 0 fully saturated rings. The fourth-order valence-electron chi connectivity index (χ4n) is 1.61. The van der Waals surface area contributed by atoms with E-state index in [9.17, 15) is 4.79 Å². The maximum absolute atomic E-state index is 11.7. The highest BCUT2D eigenvalue weighted by Gasteiger charge is 2.24. The zero-order valence-corrected chi connectivity index (χ0v) is 12.8. The summed E-state index contributed by atoms with van der Waals surface area (Å²) in [5.41, 5.74) is 0.490. The smallest absolute Gasteiger partial charge is 0.333 e. The molecule has 0 rings (SSSR count). The number of nitrogens with one attached hydrogen (secondary N) is 3. The second kappa shape index (κ2) is 9.03. The quantitative estimate of drug-likeness (QED) is 0.289. The maximum atomic E-state index is 11.7. The Bertz CT molecular complexity index is 280. The lowest BCUT2D eigenvalue weighted by Crippen LogP contribution is -2.63. The standard InChI is InChI=1S/C13H28N4O2/c1-11(12(18)19-10-9-17(5)6)7-8-13(14-2,15-3)16-4/h14-16H,1,7-10H2,2-6H3. The largest absolute Gasteiger partial charge is 0.461 e. The lowest BCUT2D eigenvalue weighted by atomic mass is 10.1. The minimum absolute atomic E-state index is 0.320. The molecule has 0 aliphatic heterocycles. The van der Waals surface area contributed by atoms with Crippen LogP contribution in [-0.4, -0.2) is 65.0 Å². The van der Waals surface area contributed by atoms with Gasteiger partial charge in [0.2, 0.25) is 0 Å². The summed E-state index contributed by atoms with van der Waals surface area (Å²) in [4.78, 5) is 13.7. The number of ether oxygens (including phenoxy) is 1. The normalized spacial score (nSPS) is 11.7. The zero-order chi connectivity index (χ0) is 14.9. The SMILES string of the molecule is C=C(CCC(NC)(NC)NC)C(=O)OCCN(C)C. The Morgan fingerprint density at radius 1 is 1.21 bits per heavy atom. The van der Waals surface area contributed by atoms with Crippen LogP contribution in [0.5, 0.6) is 0 Å². The summed E-state index contributed by atoms with van der Waals surface area (Å²) >= 11 is 0. The van der Waals surface area contributed by atoms with E-state index in [0.717, 1.165) is 0 Å². The Morgan fingerprint density at radius 3 is 2.16 bits per heavy atom. The molecule has 0 aromatic rings. The molecule has 6 heteroatoms. The molecule has 0 atom stereocenters. The number of hydrogen-bond acceptors (Lipinski definition) is 6. The van der Waals surface area contributed by atoms with Crippen LogP contribution in [0.15, 0.2) is 12.2 Å². The molecule has 19 heavy (non-hydrogen) atoms. The number of likely N-dealkylation sites (N-methyl/N-ethyl adjacent to an activating group) is 1. The lowest BCUT2D eigenvalue weighted by Gasteiger charge is -2.33. The van der Waals surface area contributed by atoms with Crippen molar-refractivity contribution in [2.45, 2.75) is 18.6 Å². The van der Waals surface area contributed by atoms with Crippen molar-refractivity contribution in [2.24, 2.45) is 0 Å². The third-order valence-electron chi connectivity index (χ3n) is 3.14. The van der Waals surface area contributed by atoms with E-state index < -0.39 is 5.79 Å². The van der Waals surface area contributed by atoms with Crippen molar-refractivity contribution in [1.29, 1.82) is 0 Å². The van der Waals surface area contributed by atoms with Gasteiger partial charge < -0.3 is 9.64 Å². The first kappa shape index (κ1) is 18.0. The molecule has 0 amide bonds. The molecule has 0 bridgehead atoms. The molecule has 0 aromatic carbocycles. The van der Waals surface area contributed by atoms with Crippen molar-refractivity contribution >= 4 is 5.97 Å². The molecule has 0 saturated carbocycles. The first-order valence-electron chi connectivity index (χ1n) is 6.47. The van der Waals surface area contributed by atoms with Crippen molar-refractivity contribution in [3.63, 3.8) is 0 Å². The number of carbonyl (C=O) groups excluding carboxylic acids is 1. The molecule has 0 spiro atoms.